The van der Waals surface area contributed by atoms with Crippen LogP contribution >= 0.6 is 0 Å². The highest BCUT2D eigenvalue weighted by atomic mass is 16.7. The molecule has 0 N–H and O–H groups in total. The number of esters is 1. The minimum absolute atomic E-state index is 0.298. The fourth-order valence-electron chi connectivity index (χ4n) is 2.24. The largest absolute Gasteiger partial charge is 0.433 e. The maximum absolute atomic E-state index is 11.1. The number of hydrogen-bond acceptors (Lipinski definition) is 7. The van der Waals surface area contributed by atoms with Crippen molar-refractivity contribution in [3.05, 3.63) is 0 Å². The fraction of sp³-hybridized carbons (Fsp3) is 0.917. The van der Waals surface area contributed by atoms with Gasteiger partial charge in [-0.3, -0.25) is 4.79 Å². The van der Waals surface area contributed by atoms with Crippen molar-refractivity contribution in [1.29, 1.82) is 0 Å². The van der Waals surface area contributed by atoms with Gasteiger partial charge in [0.1, 0.15) is 24.4 Å². The van der Waals surface area contributed by atoms with Crippen molar-refractivity contribution in [3.63, 3.8) is 0 Å². The van der Waals surface area contributed by atoms with Crippen molar-refractivity contribution in [2.24, 2.45) is 0 Å². The summed E-state index contributed by atoms with van der Waals surface area (Å²) in [5.74, 6) is -0.450. The number of carbonyl (C=O) groups is 1. The summed E-state index contributed by atoms with van der Waals surface area (Å²) in [6.45, 7) is 1.61. The van der Waals surface area contributed by atoms with Crippen LogP contribution in [-0.4, -0.2) is 71.7 Å². The van der Waals surface area contributed by atoms with Crippen LogP contribution in [0, 0.1) is 0 Å². The van der Waals surface area contributed by atoms with Crippen LogP contribution in [-0.2, 0) is 33.2 Å². The second-order valence-electron chi connectivity index (χ2n) is 4.21. The van der Waals surface area contributed by atoms with Crippen LogP contribution in [0.15, 0.2) is 0 Å². The van der Waals surface area contributed by atoms with Crippen molar-refractivity contribution in [2.45, 2.75) is 37.6 Å². The highest BCUT2D eigenvalue weighted by Gasteiger charge is 2.48. The van der Waals surface area contributed by atoms with Crippen LogP contribution in [0.3, 0.4) is 0 Å². The van der Waals surface area contributed by atoms with Gasteiger partial charge in [-0.25, -0.2) is 0 Å². The molecule has 1 aliphatic rings. The second kappa shape index (κ2) is 7.76. The van der Waals surface area contributed by atoms with Gasteiger partial charge in [-0.05, 0) is 0 Å². The van der Waals surface area contributed by atoms with E-state index in [1.165, 1.54) is 14.0 Å². The summed E-state index contributed by atoms with van der Waals surface area (Å²) in [6.07, 6.45) is -2.61. The number of methoxy groups -OCH3 is 4. The first-order chi connectivity index (χ1) is 9.08. The van der Waals surface area contributed by atoms with Crippen LogP contribution in [0.5, 0.6) is 0 Å². The molecule has 0 aromatic carbocycles. The molecule has 0 saturated carbocycles. The van der Waals surface area contributed by atoms with Crippen molar-refractivity contribution in [2.75, 3.05) is 35.0 Å². The van der Waals surface area contributed by atoms with E-state index in [0.717, 1.165) is 0 Å². The van der Waals surface area contributed by atoms with Gasteiger partial charge < -0.3 is 28.4 Å². The van der Waals surface area contributed by atoms with E-state index >= 15 is 0 Å². The van der Waals surface area contributed by atoms with Gasteiger partial charge in [0.05, 0.1) is 6.61 Å². The van der Waals surface area contributed by atoms with Crippen LogP contribution < -0.4 is 0 Å². The monoisotopic (exact) mass is 278 g/mol. The number of hydrogen-bond donors (Lipinski definition) is 0. The molecule has 1 rings (SSSR count). The molecule has 0 aliphatic carbocycles. The highest BCUT2D eigenvalue weighted by molar-refractivity contribution is 5.66. The van der Waals surface area contributed by atoms with Gasteiger partial charge >= 0.3 is 5.97 Å². The Bertz CT molecular complexity index is 283. The molecule has 0 aromatic rings. The Labute approximate surface area is 113 Å². The molecular formula is C12H22O7. The first kappa shape index (κ1) is 16.3. The molecule has 0 spiro atoms. The molecule has 1 saturated heterocycles. The van der Waals surface area contributed by atoms with Crippen molar-refractivity contribution in [3.8, 4) is 0 Å². The van der Waals surface area contributed by atoms with Crippen LogP contribution in [0.4, 0.5) is 0 Å². The lowest BCUT2D eigenvalue weighted by Crippen LogP contribution is -2.61. The summed E-state index contributed by atoms with van der Waals surface area (Å²) >= 11 is 0. The molecule has 1 heterocycles. The van der Waals surface area contributed by atoms with E-state index in [0.29, 0.717) is 6.61 Å². The smallest absolute Gasteiger partial charge is 0.305 e. The third-order valence-electron chi connectivity index (χ3n) is 3.02. The van der Waals surface area contributed by atoms with Gasteiger partial charge in [-0.2, -0.15) is 0 Å². The van der Waals surface area contributed by atoms with Gasteiger partial charge in [-0.1, -0.05) is 0 Å². The maximum atomic E-state index is 11.1. The normalized spacial score (nSPS) is 35.1. The summed E-state index contributed by atoms with van der Waals surface area (Å²) in [5, 5.41) is 0. The first-order valence-corrected chi connectivity index (χ1v) is 5.99. The van der Waals surface area contributed by atoms with Crippen molar-refractivity contribution >= 4 is 5.97 Å². The summed E-state index contributed by atoms with van der Waals surface area (Å²) in [4.78, 5) is 11.1. The topological polar surface area (TPSA) is 72.5 Å². The van der Waals surface area contributed by atoms with E-state index < -0.39 is 30.6 Å². The zero-order valence-corrected chi connectivity index (χ0v) is 12.0. The molecule has 0 aromatic heterocycles. The van der Waals surface area contributed by atoms with Gasteiger partial charge in [0.25, 0.3) is 0 Å². The van der Waals surface area contributed by atoms with E-state index in [4.69, 9.17) is 28.4 Å². The quantitative estimate of drug-likeness (QED) is 0.631. The minimum atomic E-state index is -0.848. The molecule has 1 aliphatic heterocycles. The maximum Gasteiger partial charge on any atom is 0.305 e. The van der Waals surface area contributed by atoms with Gasteiger partial charge in [0.2, 0.25) is 6.29 Å². The summed E-state index contributed by atoms with van der Waals surface area (Å²) in [5.41, 5.74) is 0. The Morgan fingerprint density at radius 2 is 1.58 bits per heavy atom. The van der Waals surface area contributed by atoms with E-state index in [-0.39, 0.29) is 6.10 Å². The molecule has 7 nitrogen and oxygen atoms in total. The molecule has 0 radical (unpaired) electrons. The predicted molar refractivity (Wildman–Crippen MR) is 64.7 cm³/mol. The molecule has 5 atom stereocenters. The molecule has 7 heteroatoms. The van der Waals surface area contributed by atoms with E-state index in [1.807, 2.05) is 0 Å². The summed E-state index contributed by atoms with van der Waals surface area (Å²) in [7, 11) is 6.16. The zero-order valence-electron chi connectivity index (χ0n) is 12.0. The van der Waals surface area contributed by atoms with Crippen LogP contribution in [0.25, 0.3) is 0 Å². The third kappa shape index (κ3) is 3.87. The average molecular weight is 278 g/mol. The molecule has 0 bridgehead atoms. The zero-order chi connectivity index (χ0) is 14.4. The lowest BCUT2D eigenvalue weighted by atomic mass is 9.98. The molecule has 3 unspecified atom stereocenters. The van der Waals surface area contributed by atoms with Gasteiger partial charge in [-0.15, -0.1) is 0 Å². The Kier molecular flexibility index (Phi) is 6.67. The first-order valence-electron chi connectivity index (χ1n) is 5.99. The lowest BCUT2D eigenvalue weighted by Gasteiger charge is -2.43. The minimum Gasteiger partial charge on any atom is -0.433 e. The molecule has 0 amide bonds. The molecule has 112 valence electrons. The highest BCUT2D eigenvalue weighted by Crippen LogP contribution is 2.28. The standard InChI is InChI=1S/C12H22O7/c1-7(13)18-12-11(17-5)10(16-4)9(15-3)8(19-12)6-14-2/h8-12H,6H2,1-5H3/t8?,9-,10?,11?,12-/m1/s1. The van der Waals surface area contributed by atoms with E-state index in [1.54, 1.807) is 21.3 Å². The SMILES string of the molecule is COCC1O[C@@H](OC(C)=O)C(OC)C(OC)[C@@H]1OC. The predicted octanol–water partition coefficient (Wildman–Crippen LogP) is -0.0342. The van der Waals surface area contributed by atoms with Gasteiger partial charge in [0.15, 0.2) is 0 Å². The Morgan fingerprint density at radius 3 is 2.00 bits per heavy atom. The van der Waals surface area contributed by atoms with Crippen LogP contribution in [0.1, 0.15) is 6.92 Å². The Morgan fingerprint density at radius 1 is 1.00 bits per heavy atom. The number of ether oxygens (including phenoxy) is 6. The average Bonchev–Trinajstić information content (AvgIpc) is 2.37. The summed E-state index contributed by atoms with van der Waals surface area (Å²) < 4.78 is 32.0. The summed E-state index contributed by atoms with van der Waals surface area (Å²) in [6, 6.07) is 0. The molecular weight excluding hydrogens is 256 g/mol. The van der Waals surface area contributed by atoms with Crippen LogP contribution in [0.2, 0.25) is 0 Å². The van der Waals surface area contributed by atoms with E-state index in [2.05, 4.69) is 0 Å². The van der Waals surface area contributed by atoms with Crippen molar-refractivity contribution < 1.29 is 33.2 Å². The lowest BCUT2D eigenvalue weighted by molar-refractivity contribution is -0.304. The Balaban J connectivity index is 2.91. The fourth-order valence-corrected chi connectivity index (χ4v) is 2.24. The third-order valence-corrected chi connectivity index (χ3v) is 3.02. The Hall–Kier alpha value is -0.730. The number of carbonyl (C=O) groups excluding carboxylic acids is 1. The van der Waals surface area contributed by atoms with E-state index in [9.17, 15) is 4.79 Å². The van der Waals surface area contributed by atoms with Crippen molar-refractivity contribution in [1.82, 2.24) is 0 Å². The molecule has 1 fully saturated rings. The number of rotatable bonds is 6. The second-order valence-corrected chi connectivity index (χ2v) is 4.21. The molecule has 19 heavy (non-hydrogen) atoms. The van der Waals surface area contributed by atoms with Gasteiger partial charge in [0, 0.05) is 35.4 Å².